The van der Waals surface area contributed by atoms with Gasteiger partial charge < -0.3 is 10.6 Å². The van der Waals surface area contributed by atoms with Crippen LogP contribution in [0.5, 0.6) is 0 Å². The topological polar surface area (TPSA) is 86.6 Å². The minimum absolute atomic E-state index is 0.260. The lowest BCUT2D eigenvalue weighted by Gasteiger charge is -1.99. The zero-order valence-electron chi connectivity index (χ0n) is 10.3. The Morgan fingerprint density at radius 2 is 2.25 bits per heavy atom. The molecule has 3 rings (SSSR count). The molecule has 1 aliphatic rings. The molecule has 0 unspecified atom stereocenters. The second-order valence-corrected chi connectivity index (χ2v) is 5.33. The number of hydrogen-bond donors (Lipinski definition) is 1. The zero-order chi connectivity index (χ0) is 14.1. The monoisotopic (exact) mass is 283 g/mol. The van der Waals surface area contributed by atoms with Gasteiger partial charge in [-0.15, -0.1) is 11.3 Å². The fourth-order valence-electron chi connectivity index (χ4n) is 1.95. The van der Waals surface area contributed by atoms with Crippen molar-refractivity contribution in [3.8, 4) is 0 Å². The molecule has 0 spiro atoms. The molecule has 0 atom stereocenters. The first kappa shape index (κ1) is 12.5. The SMILES string of the molecule is [N-]=[N+]=C1C=CC(c2nc3ccc(C(=O)O)cc3s2)=CC1. The Hall–Kier alpha value is -2.56. The van der Waals surface area contributed by atoms with Crippen LogP contribution in [0.3, 0.4) is 0 Å². The van der Waals surface area contributed by atoms with Crippen molar-refractivity contribution in [2.24, 2.45) is 0 Å². The maximum atomic E-state index is 10.9. The summed E-state index contributed by atoms with van der Waals surface area (Å²) in [5, 5.41) is 9.81. The van der Waals surface area contributed by atoms with Gasteiger partial charge in [0.2, 0.25) is 0 Å². The van der Waals surface area contributed by atoms with Crippen molar-refractivity contribution in [2.45, 2.75) is 6.42 Å². The summed E-state index contributed by atoms with van der Waals surface area (Å²) in [7, 11) is 0. The molecule has 1 heterocycles. The highest BCUT2D eigenvalue weighted by Crippen LogP contribution is 2.30. The number of aromatic nitrogens is 1. The van der Waals surface area contributed by atoms with Crippen LogP contribution in [0.1, 0.15) is 21.8 Å². The summed E-state index contributed by atoms with van der Waals surface area (Å²) in [4.78, 5) is 18.6. The molecule has 0 bridgehead atoms. The Labute approximate surface area is 118 Å². The summed E-state index contributed by atoms with van der Waals surface area (Å²) in [6, 6.07) is 4.90. The summed E-state index contributed by atoms with van der Waals surface area (Å²) < 4.78 is 0.843. The molecule has 0 aliphatic heterocycles. The van der Waals surface area contributed by atoms with Crippen LogP contribution >= 0.6 is 11.3 Å². The molecule has 0 saturated carbocycles. The van der Waals surface area contributed by atoms with Crippen LogP contribution in [0.2, 0.25) is 0 Å². The van der Waals surface area contributed by atoms with E-state index in [1.54, 1.807) is 24.3 Å². The maximum Gasteiger partial charge on any atom is 0.335 e. The van der Waals surface area contributed by atoms with Crippen molar-refractivity contribution in [3.63, 3.8) is 0 Å². The lowest BCUT2D eigenvalue weighted by Crippen LogP contribution is -1.98. The number of allylic oxidation sites excluding steroid dienone is 4. The molecule has 1 aromatic carbocycles. The first-order valence-corrected chi connectivity index (χ1v) is 6.72. The van der Waals surface area contributed by atoms with Crippen molar-refractivity contribution >= 4 is 38.8 Å². The Morgan fingerprint density at radius 1 is 1.40 bits per heavy atom. The van der Waals surface area contributed by atoms with Crippen molar-refractivity contribution < 1.29 is 14.7 Å². The average molecular weight is 283 g/mol. The smallest absolute Gasteiger partial charge is 0.335 e. The number of thiazole rings is 1. The van der Waals surface area contributed by atoms with Gasteiger partial charge in [-0.3, -0.25) is 0 Å². The summed E-state index contributed by atoms with van der Waals surface area (Å²) in [6.45, 7) is 0. The first-order chi connectivity index (χ1) is 9.67. The molecule has 20 heavy (non-hydrogen) atoms. The number of carboxylic acid groups (broad SMARTS) is 1. The second-order valence-electron chi connectivity index (χ2n) is 4.29. The lowest BCUT2D eigenvalue weighted by molar-refractivity contribution is -0.00536. The van der Waals surface area contributed by atoms with Crippen molar-refractivity contribution in [1.82, 2.24) is 4.98 Å². The molecular weight excluding hydrogens is 274 g/mol. The first-order valence-electron chi connectivity index (χ1n) is 5.91. The van der Waals surface area contributed by atoms with E-state index in [9.17, 15) is 4.79 Å². The van der Waals surface area contributed by atoms with Gasteiger partial charge in [-0.2, -0.15) is 4.79 Å². The molecule has 0 radical (unpaired) electrons. The molecule has 5 nitrogen and oxygen atoms in total. The van der Waals surface area contributed by atoms with E-state index in [-0.39, 0.29) is 5.56 Å². The lowest BCUT2D eigenvalue weighted by atomic mass is 10.1. The average Bonchev–Trinajstić information content (AvgIpc) is 2.90. The predicted molar refractivity (Wildman–Crippen MR) is 76.9 cm³/mol. The van der Waals surface area contributed by atoms with Gasteiger partial charge >= 0.3 is 5.97 Å². The Kier molecular flexibility index (Phi) is 3.02. The Balaban J connectivity index is 2.02. The highest BCUT2D eigenvalue weighted by atomic mass is 32.1. The molecule has 98 valence electrons. The summed E-state index contributed by atoms with van der Waals surface area (Å²) >= 11 is 1.45. The molecule has 1 N–H and O–H groups in total. The number of hydrogen-bond acceptors (Lipinski definition) is 3. The second kappa shape index (κ2) is 4.85. The standard InChI is InChI=1S/C14H9N3O2S/c15-17-10-4-1-8(2-5-10)13-16-11-6-3-9(14(18)19)7-12(11)20-13/h1-4,6-7H,5H2,(H,18,19). The van der Waals surface area contributed by atoms with Gasteiger partial charge in [0.15, 0.2) is 0 Å². The fourth-order valence-corrected chi connectivity index (χ4v) is 2.98. The van der Waals surface area contributed by atoms with E-state index >= 15 is 0 Å². The molecule has 2 aromatic rings. The van der Waals surface area contributed by atoms with Crippen LogP contribution in [0.15, 0.2) is 36.4 Å². The number of carbonyl (C=O) groups is 1. The Bertz CT molecular complexity index is 826. The van der Waals surface area contributed by atoms with E-state index in [1.165, 1.54) is 11.3 Å². The van der Waals surface area contributed by atoms with Crippen LogP contribution in [-0.2, 0) is 0 Å². The fraction of sp³-hybridized carbons (Fsp3) is 0.0714. The third-order valence-electron chi connectivity index (χ3n) is 3.00. The van der Waals surface area contributed by atoms with Crippen molar-refractivity contribution in [3.05, 3.63) is 52.5 Å². The van der Waals surface area contributed by atoms with Gasteiger partial charge in [0.1, 0.15) is 5.01 Å². The molecule has 1 aromatic heterocycles. The molecular formula is C14H9N3O2S. The van der Waals surface area contributed by atoms with Gasteiger partial charge in [-0.1, -0.05) is 6.08 Å². The molecule has 1 aliphatic carbocycles. The van der Waals surface area contributed by atoms with E-state index in [2.05, 4.69) is 9.77 Å². The number of carboxylic acids is 1. The Morgan fingerprint density at radius 3 is 2.90 bits per heavy atom. The van der Waals surface area contributed by atoms with E-state index in [0.717, 1.165) is 20.8 Å². The van der Waals surface area contributed by atoms with E-state index in [1.807, 2.05) is 12.2 Å². The van der Waals surface area contributed by atoms with E-state index in [4.69, 9.17) is 10.6 Å². The number of benzene rings is 1. The third-order valence-corrected chi connectivity index (χ3v) is 4.06. The number of nitrogens with zero attached hydrogens (tertiary/aromatic N) is 3. The molecule has 0 saturated heterocycles. The summed E-state index contributed by atoms with van der Waals surface area (Å²) in [5.74, 6) is -0.942. The minimum Gasteiger partial charge on any atom is -0.478 e. The van der Waals surface area contributed by atoms with E-state index < -0.39 is 5.97 Å². The van der Waals surface area contributed by atoms with Crippen LogP contribution in [0.4, 0.5) is 0 Å². The number of rotatable bonds is 2. The highest BCUT2D eigenvalue weighted by molar-refractivity contribution is 7.19. The van der Waals surface area contributed by atoms with Gasteiger partial charge in [0.25, 0.3) is 5.71 Å². The summed E-state index contributed by atoms with van der Waals surface area (Å²) in [5.41, 5.74) is 11.3. The van der Waals surface area contributed by atoms with Crippen LogP contribution in [0, 0.1) is 0 Å². The quantitative estimate of drug-likeness (QED) is 0.679. The largest absolute Gasteiger partial charge is 0.478 e. The van der Waals surface area contributed by atoms with Crippen LogP contribution in [0.25, 0.3) is 21.3 Å². The van der Waals surface area contributed by atoms with Crippen LogP contribution < -0.4 is 0 Å². The van der Waals surface area contributed by atoms with Crippen molar-refractivity contribution in [2.75, 3.05) is 0 Å². The number of fused-ring (bicyclic) bond motifs is 1. The molecule has 6 heteroatoms. The van der Waals surface area contributed by atoms with Gasteiger partial charge in [0, 0.05) is 11.6 Å². The van der Waals surface area contributed by atoms with Crippen LogP contribution in [-0.4, -0.2) is 26.6 Å². The van der Waals surface area contributed by atoms with Gasteiger partial charge in [0.05, 0.1) is 22.2 Å². The van der Waals surface area contributed by atoms with Crippen molar-refractivity contribution in [1.29, 1.82) is 0 Å². The zero-order valence-corrected chi connectivity index (χ0v) is 11.1. The van der Waals surface area contributed by atoms with Gasteiger partial charge in [-0.05, 0) is 24.3 Å². The third kappa shape index (κ3) is 2.18. The van der Waals surface area contributed by atoms with Gasteiger partial charge in [-0.25, -0.2) is 9.78 Å². The molecule has 0 fully saturated rings. The minimum atomic E-state index is -0.942. The summed E-state index contributed by atoms with van der Waals surface area (Å²) in [6.07, 6.45) is 6.07. The van der Waals surface area contributed by atoms with E-state index in [0.29, 0.717) is 12.1 Å². The predicted octanol–water partition coefficient (Wildman–Crippen LogP) is 3.01. The highest BCUT2D eigenvalue weighted by Gasteiger charge is 2.14. The maximum absolute atomic E-state index is 10.9. The number of aromatic carboxylic acids is 1. The normalized spacial score (nSPS) is 14.2. The molecule has 0 amide bonds.